The van der Waals surface area contributed by atoms with Crippen LogP contribution in [0.2, 0.25) is 0 Å². The number of alkyl carbamates (subject to hydrolysis) is 1. The van der Waals surface area contributed by atoms with Crippen molar-refractivity contribution < 1.29 is 14.3 Å². The molecule has 0 spiro atoms. The summed E-state index contributed by atoms with van der Waals surface area (Å²) in [5.41, 5.74) is 2.60. The average Bonchev–Trinajstić information content (AvgIpc) is 2.68. The molecule has 1 aliphatic carbocycles. The van der Waals surface area contributed by atoms with Gasteiger partial charge in [0, 0.05) is 25.0 Å². The van der Waals surface area contributed by atoms with Crippen LogP contribution in [0.4, 0.5) is 4.79 Å². The Balaban J connectivity index is 2.14. The number of amides is 2. The summed E-state index contributed by atoms with van der Waals surface area (Å²) in [5, 5.41) is 9.60. The fourth-order valence-corrected chi connectivity index (χ4v) is 4.01. The number of benzene rings is 1. The van der Waals surface area contributed by atoms with Crippen LogP contribution in [0.1, 0.15) is 70.9 Å². The van der Waals surface area contributed by atoms with Crippen LogP contribution in [0.15, 0.2) is 24.3 Å². The van der Waals surface area contributed by atoms with Gasteiger partial charge in [-0.2, -0.15) is 0 Å². The first-order valence-electron chi connectivity index (χ1n) is 10.6. The highest BCUT2D eigenvalue weighted by Gasteiger charge is 2.37. The van der Waals surface area contributed by atoms with E-state index in [1.165, 1.54) is 18.2 Å². The standard InChI is InChI=1S/C23H37N3O3/c1-17(27)24-14-7-15-25-23(12-10-20(11-13-23)26-21(28)29-5)19-9-6-8-18(16-19)22(2,3)4/h6,8-9,16,20,25H,7,10-15H2,1-5H3,(H,24,27)(H,26,28). The largest absolute Gasteiger partial charge is 0.453 e. The summed E-state index contributed by atoms with van der Waals surface area (Å²) in [7, 11) is 1.40. The second-order valence-corrected chi connectivity index (χ2v) is 9.09. The lowest BCUT2D eigenvalue weighted by molar-refractivity contribution is -0.118. The van der Waals surface area contributed by atoms with Gasteiger partial charge in [0.15, 0.2) is 0 Å². The molecule has 0 radical (unpaired) electrons. The van der Waals surface area contributed by atoms with Crippen LogP contribution in [0.5, 0.6) is 0 Å². The summed E-state index contributed by atoms with van der Waals surface area (Å²) in [5.74, 6) is 0.00647. The van der Waals surface area contributed by atoms with Gasteiger partial charge in [-0.15, -0.1) is 0 Å². The number of nitrogens with one attached hydrogen (secondary N) is 3. The number of carbonyl (C=O) groups is 2. The predicted octanol–water partition coefficient (Wildman–Crippen LogP) is 3.59. The number of hydrogen-bond donors (Lipinski definition) is 3. The molecule has 2 amide bonds. The molecule has 0 bridgehead atoms. The summed E-state index contributed by atoms with van der Waals surface area (Å²) in [6.45, 7) is 9.75. The van der Waals surface area contributed by atoms with E-state index in [0.717, 1.165) is 38.6 Å². The van der Waals surface area contributed by atoms with Crippen molar-refractivity contribution in [3.63, 3.8) is 0 Å². The first kappa shape index (κ1) is 23.2. The third-order valence-corrected chi connectivity index (χ3v) is 5.82. The van der Waals surface area contributed by atoms with Crippen LogP contribution in [0.25, 0.3) is 0 Å². The van der Waals surface area contributed by atoms with Crippen LogP contribution >= 0.6 is 0 Å². The van der Waals surface area contributed by atoms with E-state index >= 15 is 0 Å². The second kappa shape index (κ2) is 10.1. The van der Waals surface area contributed by atoms with E-state index < -0.39 is 0 Å². The van der Waals surface area contributed by atoms with Crippen LogP contribution in [0.3, 0.4) is 0 Å². The Bertz CT molecular complexity index is 689. The minimum Gasteiger partial charge on any atom is -0.453 e. The van der Waals surface area contributed by atoms with E-state index in [1.807, 2.05) is 0 Å². The molecule has 1 aliphatic rings. The topological polar surface area (TPSA) is 79.5 Å². The molecule has 6 heteroatoms. The SMILES string of the molecule is COC(=O)NC1CCC(NCCCNC(C)=O)(c2cccc(C(C)(C)C)c2)CC1. The lowest BCUT2D eigenvalue weighted by Crippen LogP contribution is -2.50. The van der Waals surface area contributed by atoms with Gasteiger partial charge in [-0.1, -0.05) is 45.0 Å². The third kappa shape index (κ3) is 6.74. The maximum atomic E-state index is 11.6. The van der Waals surface area contributed by atoms with E-state index in [-0.39, 0.29) is 29.0 Å². The van der Waals surface area contributed by atoms with Gasteiger partial charge in [-0.25, -0.2) is 4.79 Å². The first-order valence-corrected chi connectivity index (χ1v) is 10.6. The zero-order valence-electron chi connectivity index (χ0n) is 18.6. The van der Waals surface area contributed by atoms with Crippen molar-refractivity contribution in [2.45, 2.75) is 76.8 Å². The Morgan fingerprint density at radius 3 is 2.45 bits per heavy atom. The summed E-state index contributed by atoms with van der Waals surface area (Å²) < 4.78 is 4.75. The molecule has 0 aromatic heterocycles. The molecule has 2 rings (SSSR count). The first-order chi connectivity index (χ1) is 13.7. The third-order valence-electron chi connectivity index (χ3n) is 5.82. The Labute approximate surface area is 175 Å². The number of carbonyl (C=O) groups excluding carboxylic acids is 2. The maximum Gasteiger partial charge on any atom is 0.407 e. The molecule has 1 aromatic rings. The van der Waals surface area contributed by atoms with Gasteiger partial charge < -0.3 is 20.7 Å². The summed E-state index contributed by atoms with van der Waals surface area (Å²) >= 11 is 0. The lowest BCUT2D eigenvalue weighted by atomic mass is 9.73. The zero-order valence-corrected chi connectivity index (χ0v) is 18.6. The lowest BCUT2D eigenvalue weighted by Gasteiger charge is -2.42. The van der Waals surface area contributed by atoms with Gasteiger partial charge in [-0.3, -0.25) is 4.79 Å². The Morgan fingerprint density at radius 2 is 1.86 bits per heavy atom. The molecule has 0 heterocycles. The minimum absolute atomic E-state index is 0.00647. The molecule has 0 unspecified atom stereocenters. The van der Waals surface area contributed by atoms with Gasteiger partial charge in [-0.05, 0) is 55.2 Å². The van der Waals surface area contributed by atoms with Gasteiger partial charge in [0.1, 0.15) is 0 Å². The summed E-state index contributed by atoms with van der Waals surface area (Å²) in [4.78, 5) is 22.7. The van der Waals surface area contributed by atoms with Crippen LogP contribution in [-0.2, 0) is 20.5 Å². The molecule has 29 heavy (non-hydrogen) atoms. The Morgan fingerprint density at radius 1 is 1.17 bits per heavy atom. The van der Waals surface area contributed by atoms with Gasteiger partial charge in [0.05, 0.1) is 7.11 Å². The molecule has 6 nitrogen and oxygen atoms in total. The van der Waals surface area contributed by atoms with Crippen molar-refractivity contribution in [3.05, 3.63) is 35.4 Å². The van der Waals surface area contributed by atoms with Crippen molar-refractivity contribution in [2.24, 2.45) is 0 Å². The van der Waals surface area contributed by atoms with Crippen molar-refractivity contribution in [3.8, 4) is 0 Å². The highest BCUT2D eigenvalue weighted by molar-refractivity contribution is 5.72. The molecule has 3 N–H and O–H groups in total. The Kier molecular flexibility index (Phi) is 8.08. The van der Waals surface area contributed by atoms with E-state index in [4.69, 9.17) is 4.74 Å². The fourth-order valence-electron chi connectivity index (χ4n) is 4.01. The van der Waals surface area contributed by atoms with E-state index in [0.29, 0.717) is 6.54 Å². The number of hydrogen-bond acceptors (Lipinski definition) is 4. The van der Waals surface area contributed by atoms with Crippen LogP contribution < -0.4 is 16.0 Å². The van der Waals surface area contributed by atoms with E-state index in [2.05, 4.69) is 61.0 Å². The molecular weight excluding hydrogens is 366 g/mol. The van der Waals surface area contributed by atoms with Crippen LogP contribution in [0, 0.1) is 0 Å². The number of ether oxygens (including phenoxy) is 1. The molecular formula is C23H37N3O3. The summed E-state index contributed by atoms with van der Waals surface area (Å²) in [6, 6.07) is 9.02. The molecule has 0 saturated heterocycles. The van der Waals surface area contributed by atoms with Crippen molar-refractivity contribution in [2.75, 3.05) is 20.2 Å². The molecule has 0 atom stereocenters. The quantitative estimate of drug-likeness (QED) is 0.608. The fraction of sp³-hybridized carbons (Fsp3) is 0.652. The molecule has 1 fully saturated rings. The van der Waals surface area contributed by atoms with Crippen LogP contribution in [-0.4, -0.2) is 38.2 Å². The smallest absolute Gasteiger partial charge is 0.407 e. The molecule has 0 aliphatic heterocycles. The highest BCUT2D eigenvalue weighted by Crippen LogP contribution is 2.38. The predicted molar refractivity (Wildman–Crippen MR) is 116 cm³/mol. The molecule has 1 saturated carbocycles. The Hall–Kier alpha value is -2.08. The molecule has 162 valence electrons. The monoisotopic (exact) mass is 403 g/mol. The van der Waals surface area contributed by atoms with E-state index in [1.54, 1.807) is 6.92 Å². The number of rotatable bonds is 7. The minimum atomic E-state index is -0.361. The number of methoxy groups -OCH3 is 1. The zero-order chi connectivity index (χ0) is 21.5. The van der Waals surface area contributed by atoms with Crippen molar-refractivity contribution in [1.29, 1.82) is 0 Å². The second-order valence-electron chi connectivity index (χ2n) is 9.09. The summed E-state index contributed by atoms with van der Waals surface area (Å²) in [6.07, 6.45) is 4.19. The van der Waals surface area contributed by atoms with Crippen molar-refractivity contribution in [1.82, 2.24) is 16.0 Å². The average molecular weight is 404 g/mol. The van der Waals surface area contributed by atoms with Gasteiger partial charge in [0.25, 0.3) is 0 Å². The normalized spacial score (nSPS) is 22.0. The highest BCUT2D eigenvalue weighted by atomic mass is 16.5. The van der Waals surface area contributed by atoms with Gasteiger partial charge in [0.2, 0.25) is 5.91 Å². The molecule has 1 aromatic carbocycles. The van der Waals surface area contributed by atoms with E-state index in [9.17, 15) is 9.59 Å². The van der Waals surface area contributed by atoms with Gasteiger partial charge >= 0.3 is 6.09 Å². The maximum absolute atomic E-state index is 11.6. The van der Waals surface area contributed by atoms with Crippen molar-refractivity contribution >= 4 is 12.0 Å².